The van der Waals surface area contributed by atoms with E-state index in [-0.39, 0.29) is 58.2 Å². The lowest BCUT2D eigenvalue weighted by atomic mass is 9.69. The maximum atomic E-state index is 11.8. The molecule has 1 unspecified atom stereocenters. The maximum Gasteiger partial charge on any atom is 0.321 e. The Morgan fingerprint density at radius 3 is 1.76 bits per heavy atom. The fourth-order valence-corrected chi connectivity index (χ4v) is 7.69. The van der Waals surface area contributed by atoms with Gasteiger partial charge in [-0.05, 0) is 41.7 Å². The van der Waals surface area contributed by atoms with Crippen LogP contribution in [0.3, 0.4) is 0 Å². The number of aromatic nitrogens is 2. The van der Waals surface area contributed by atoms with Crippen LogP contribution in [0.25, 0.3) is 5.57 Å². The van der Waals surface area contributed by atoms with Crippen LogP contribution in [0.4, 0.5) is 0 Å². The van der Waals surface area contributed by atoms with Crippen LogP contribution in [0.2, 0.25) is 0 Å². The summed E-state index contributed by atoms with van der Waals surface area (Å²) in [6.07, 6.45) is 5.06. The molecule has 4 heterocycles. The summed E-state index contributed by atoms with van der Waals surface area (Å²) in [5, 5.41) is 39.6. The SMILES string of the molecule is COc1nc(OCC2(COc3ccc(CN4C[C@H](O)C[C@@H]4C(=O)O)c(OC)n3)C=CC=C(c3ccccc3C)C2C)ccc1CN1C[C@H](O)C[C@@H]1C(=O)O. The fourth-order valence-electron chi connectivity index (χ4n) is 7.69. The van der Waals surface area contributed by atoms with E-state index in [1.807, 2.05) is 18.2 Å². The van der Waals surface area contributed by atoms with Gasteiger partial charge in [-0.15, -0.1) is 0 Å². The van der Waals surface area contributed by atoms with E-state index in [0.29, 0.717) is 34.6 Å². The molecule has 0 radical (unpaired) electrons. The number of hydrogen-bond donors (Lipinski definition) is 4. The van der Waals surface area contributed by atoms with Gasteiger partial charge in [0.15, 0.2) is 0 Å². The van der Waals surface area contributed by atoms with E-state index in [1.165, 1.54) is 14.2 Å². The molecule has 288 valence electrons. The molecule has 14 heteroatoms. The average Bonchev–Trinajstić information content (AvgIpc) is 3.72. The second kappa shape index (κ2) is 16.6. The number of carbonyl (C=O) groups is 2. The van der Waals surface area contributed by atoms with Gasteiger partial charge in [-0.1, -0.05) is 49.4 Å². The lowest BCUT2D eigenvalue weighted by Crippen LogP contribution is -2.41. The number of aliphatic hydroxyl groups is 2. The van der Waals surface area contributed by atoms with Crippen molar-refractivity contribution in [3.05, 3.63) is 89.0 Å². The van der Waals surface area contributed by atoms with Crippen LogP contribution in [-0.4, -0.2) is 117 Å². The number of allylic oxidation sites excluding steroid dienone is 3. The number of nitrogens with zero attached hydrogens (tertiary/aromatic N) is 4. The molecule has 2 saturated heterocycles. The molecular formula is C40H48N4O10. The van der Waals surface area contributed by atoms with Crippen molar-refractivity contribution in [2.75, 3.05) is 40.5 Å². The molecule has 3 aliphatic rings. The summed E-state index contributed by atoms with van der Waals surface area (Å²) in [7, 11) is 2.99. The van der Waals surface area contributed by atoms with Crippen molar-refractivity contribution < 1.29 is 49.0 Å². The first kappa shape index (κ1) is 38.7. The van der Waals surface area contributed by atoms with Crippen LogP contribution < -0.4 is 18.9 Å². The summed E-state index contributed by atoms with van der Waals surface area (Å²) in [4.78, 5) is 36.2. The van der Waals surface area contributed by atoms with Gasteiger partial charge in [-0.2, -0.15) is 9.97 Å². The minimum Gasteiger partial charge on any atom is -0.481 e. The Balaban J connectivity index is 1.23. The molecule has 4 N–H and O–H groups in total. The normalized spacial score (nSPS) is 23.9. The first-order valence-electron chi connectivity index (χ1n) is 18.0. The highest BCUT2D eigenvalue weighted by atomic mass is 16.5. The minimum atomic E-state index is -0.985. The zero-order valence-electron chi connectivity index (χ0n) is 30.9. The van der Waals surface area contributed by atoms with Crippen LogP contribution >= 0.6 is 0 Å². The van der Waals surface area contributed by atoms with Crippen LogP contribution in [0, 0.1) is 18.3 Å². The quantitative estimate of drug-likeness (QED) is 0.177. The Morgan fingerprint density at radius 2 is 1.30 bits per heavy atom. The van der Waals surface area contributed by atoms with Crippen LogP contribution in [0.5, 0.6) is 23.5 Å². The Morgan fingerprint density at radius 1 is 0.796 bits per heavy atom. The largest absolute Gasteiger partial charge is 0.481 e. The van der Waals surface area contributed by atoms with Crippen molar-refractivity contribution in [1.29, 1.82) is 0 Å². The highest BCUT2D eigenvalue weighted by molar-refractivity contribution is 5.75. The van der Waals surface area contributed by atoms with Crippen LogP contribution in [-0.2, 0) is 22.7 Å². The third kappa shape index (κ3) is 8.36. The van der Waals surface area contributed by atoms with Crippen LogP contribution in [0.15, 0.2) is 66.8 Å². The molecule has 14 nitrogen and oxygen atoms in total. The monoisotopic (exact) mass is 744 g/mol. The number of β-amino-alcohol motifs (C(OH)–C–C–N with tert-alkyl or cyclic N) is 2. The van der Waals surface area contributed by atoms with Crippen LogP contribution in [0.1, 0.15) is 42.0 Å². The van der Waals surface area contributed by atoms with Crippen molar-refractivity contribution in [2.24, 2.45) is 11.3 Å². The summed E-state index contributed by atoms with van der Waals surface area (Å²) in [5.74, 6) is -0.836. The van der Waals surface area contributed by atoms with Gasteiger partial charge >= 0.3 is 11.9 Å². The Bertz CT molecular complexity index is 1810. The predicted molar refractivity (Wildman–Crippen MR) is 197 cm³/mol. The van der Waals surface area contributed by atoms with Gasteiger partial charge in [0.1, 0.15) is 25.3 Å². The molecular weight excluding hydrogens is 696 g/mol. The average molecular weight is 745 g/mol. The molecule has 54 heavy (non-hydrogen) atoms. The molecule has 2 aromatic heterocycles. The van der Waals surface area contributed by atoms with Gasteiger partial charge in [0.2, 0.25) is 23.5 Å². The number of likely N-dealkylation sites (tertiary alicyclic amines) is 2. The topological polar surface area (TPSA) is 184 Å². The van der Waals surface area contributed by atoms with Gasteiger partial charge in [0.05, 0.1) is 31.8 Å². The molecule has 1 aliphatic carbocycles. The van der Waals surface area contributed by atoms with Gasteiger partial charge in [0.25, 0.3) is 0 Å². The van der Waals surface area contributed by atoms with E-state index in [9.17, 15) is 30.0 Å². The highest BCUT2D eigenvalue weighted by Crippen LogP contribution is 2.44. The van der Waals surface area contributed by atoms with Crippen molar-refractivity contribution in [2.45, 2.75) is 64.1 Å². The number of benzene rings is 1. The Hall–Kier alpha value is -5.02. The number of carboxylic acids is 2. The second-order valence-corrected chi connectivity index (χ2v) is 14.3. The molecule has 2 fully saturated rings. The number of methoxy groups -OCH3 is 2. The summed E-state index contributed by atoms with van der Waals surface area (Å²) >= 11 is 0. The van der Waals surface area contributed by atoms with E-state index in [2.05, 4.69) is 48.1 Å². The summed E-state index contributed by atoms with van der Waals surface area (Å²) in [5.41, 5.74) is 4.01. The number of aliphatic hydroxyl groups excluding tert-OH is 2. The lowest BCUT2D eigenvalue weighted by molar-refractivity contribution is -0.143. The highest BCUT2D eigenvalue weighted by Gasteiger charge is 2.41. The number of carboxylic acid groups (broad SMARTS) is 2. The Labute approximate surface area is 314 Å². The van der Waals surface area contributed by atoms with Crippen molar-refractivity contribution >= 4 is 17.5 Å². The van der Waals surface area contributed by atoms with E-state index < -0.39 is 41.6 Å². The smallest absolute Gasteiger partial charge is 0.321 e. The molecule has 0 saturated carbocycles. The van der Waals surface area contributed by atoms with Gasteiger partial charge in [0, 0.05) is 62.3 Å². The maximum absolute atomic E-state index is 11.8. The summed E-state index contributed by atoms with van der Waals surface area (Å²) in [6.45, 7) is 5.50. The molecule has 0 spiro atoms. The Kier molecular flexibility index (Phi) is 11.9. The van der Waals surface area contributed by atoms with E-state index in [4.69, 9.17) is 18.9 Å². The lowest BCUT2D eigenvalue weighted by Gasteiger charge is -2.39. The van der Waals surface area contributed by atoms with E-state index in [1.54, 1.807) is 34.1 Å². The molecule has 2 aliphatic heterocycles. The molecule has 0 bridgehead atoms. The number of pyridine rings is 2. The summed E-state index contributed by atoms with van der Waals surface area (Å²) < 4.78 is 24.1. The first-order valence-corrected chi connectivity index (χ1v) is 18.0. The third-order valence-corrected chi connectivity index (χ3v) is 10.8. The standard InChI is InChI=1S/C40H48N4O10/c1-24-8-5-6-9-30(24)31-10-7-15-40(25(31)2,22-53-34-13-11-26(36(41-34)51-3)18-43-20-28(45)16-32(43)38(47)48)23-54-35-14-12-27(37(42-35)52-4)19-44-21-29(46)17-33(44)39(49)50/h5-15,25,28-29,32-33,45-46H,16-23H2,1-4H3,(H,47,48)(H,49,50)/t25?,28-,29-,32-,33-/m1/s1. The molecule has 6 rings (SSSR count). The van der Waals surface area contributed by atoms with Gasteiger partial charge in [-0.3, -0.25) is 19.4 Å². The third-order valence-electron chi connectivity index (χ3n) is 10.8. The predicted octanol–water partition coefficient (Wildman–Crippen LogP) is 3.58. The number of aliphatic carboxylic acids is 2. The molecule has 0 amide bonds. The number of rotatable bonds is 15. The fraction of sp³-hybridized carbons (Fsp3) is 0.450. The number of hydrogen-bond acceptors (Lipinski definition) is 12. The van der Waals surface area contributed by atoms with Gasteiger partial charge in [-0.25, -0.2) is 0 Å². The minimum absolute atomic E-state index is 0.0879. The molecule has 3 aromatic rings. The van der Waals surface area contributed by atoms with E-state index >= 15 is 0 Å². The van der Waals surface area contributed by atoms with Crippen molar-refractivity contribution in [1.82, 2.24) is 19.8 Å². The molecule has 1 aromatic carbocycles. The van der Waals surface area contributed by atoms with Crippen molar-refractivity contribution in [3.63, 3.8) is 0 Å². The first-order chi connectivity index (χ1) is 25.9. The van der Waals surface area contributed by atoms with Crippen molar-refractivity contribution in [3.8, 4) is 23.5 Å². The summed E-state index contributed by atoms with van der Waals surface area (Å²) in [6, 6.07) is 13.6. The number of ether oxygens (including phenoxy) is 4. The second-order valence-electron chi connectivity index (χ2n) is 14.3. The zero-order chi connectivity index (χ0) is 38.6. The van der Waals surface area contributed by atoms with Gasteiger partial charge < -0.3 is 39.4 Å². The number of aryl methyl sites for hydroxylation is 1. The zero-order valence-corrected chi connectivity index (χ0v) is 30.9. The molecule has 5 atom stereocenters. The van der Waals surface area contributed by atoms with E-state index in [0.717, 1.165) is 16.7 Å².